The molecule has 0 unspecified atom stereocenters. The number of nitrogens with zero attached hydrogens (tertiary/aromatic N) is 2. The zero-order valence-electron chi connectivity index (χ0n) is 13.2. The number of hydrogen-bond donors (Lipinski definition) is 1. The van der Waals surface area contributed by atoms with Gasteiger partial charge in [-0.3, -0.25) is 4.79 Å². The molecular formula is C14H23N3O3S. The van der Waals surface area contributed by atoms with Crippen molar-refractivity contribution in [2.75, 3.05) is 44.4 Å². The van der Waals surface area contributed by atoms with Crippen LogP contribution in [0, 0.1) is 0 Å². The molecule has 1 rings (SSSR count). The number of amides is 1. The number of esters is 1. The molecule has 0 saturated carbocycles. The first-order valence-electron chi connectivity index (χ1n) is 6.94. The highest BCUT2D eigenvalue weighted by atomic mass is 32.1. The summed E-state index contributed by atoms with van der Waals surface area (Å²) >= 11 is 1.24. The van der Waals surface area contributed by atoms with Crippen molar-refractivity contribution in [2.45, 2.75) is 20.8 Å². The molecule has 0 saturated heterocycles. The second-order valence-corrected chi connectivity index (χ2v) is 5.62. The zero-order chi connectivity index (χ0) is 16.2. The summed E-state index contributed by atoms with van der Waals surface area (Å²) in [7, 11) is 3.31. The Morgan fingerprint density at radius 1 is 1.19 bits per heavy atom. The van der Waals surface area contributed by atoms with Crippen LogP contribution in [0.5, 0.6) is 0 Å². The smallest absolute Gasteiger partial charge is 0.343 e. The Morgan fingerprint density at radius 2 is 1.76 bits per heavy atom. The predicted molar refractivity (Wildman–Crippen MR) is 86.3 cm³/mol. The number of carbonyl (C=O) groups excluding carboxylic acids is 2. The lowest BCUT2D eigenvalue weighted by atomic mass is 10.2. The van der Waals surface area contributed by atoms with E-state index in [1.165, 1.54) is 16.2 Å². The van der Waals surface area contributed by atoms with Crippen LogP contribution in [-0.2, 0) is 4.74 Å². The van der Waals surface area contributed by atoms with Gasteiger partial charge in [0.25, 0.3) is 5.91 Å². The summed E-state index contributed by atoms with van der Waals surface area (Å²) in [5, 5.41) is 0.696. The third-order valence-corrected chi connectivity index (χ3v) is 4.31. The normalized spacial score (nSPS) is 10.3. The molecule has 0 bridgehead atoms. The van der Waals surface area contributed by atoms with Gasteiger partial charge in [-0.05, 0) is 20.8 Å². The van der Waals surface area contributed by atoms with Crippen molar-refractivity contribution < 1.29 is 14.3 Å². The third kappa shape index (κ3) is 3.47. The van der Waals surface area contributed by atoms with Crippen LogP contribution in [0.4, 0.5) is 10.7 Å². The molecule has 0 atom stereocenters. The molecule has 1 heterocycles. The second-order valence-electron chi connectivity index (χ2n) is 4.62. The fraction of sp³-hybridized carbons (Fsp3) is 0.571. The third-order valence-electron chi connectivity index (χ3n) is 3.06. The highest BCUT2D eigenvalue weighted by molar-refractivity contribution is 7.19. The maximum absolute atomic E-state index is 12.2. The van der Waals surface area contributed by atoms with Crippen LogP contribution < -0.4 is 10.6 Å². The number of ether oxygens (including phenoxy) is 1. The number of carbonyl (C=O) groups is 2. The number of nitrogens with two attached hydrogens (primary N) is 1. The van der Waals surface area contributed by atoms with Gasteiger partial charge >= 0.3 is 5.97 Å². The van der Waals surface area contributed by atoms with E-state index in [4.69, 9.17) is 10.5 Å². The summed E-state index contributed by atoms with van der Waals surface area (Å²) < 4.78 is 5.08. The van der Waals surface area contributed by atoms with E-state index in [9.17, 15) is 9.59 Å². The average molecular weight is 313 g/mol. The Balaban J connectivity index is 3.43. The zero-order valence-corrected chi connectivity index (χ0v) is 14.0. The van der Waals surface area contributed by atoms with E-state index in [-0.39, 0.29) is 18.2 Å². The fourth-order valence-corrected chi connectivity index (χ4v) is 3.29. The molecule has 0 fully saturated rings. The van der Waals surface area contributed by atoms with E-state index < -0.39 is 5.97 Å². The summed E-state index contributed by atoms with van der Waals surface area (Å²) in [5.74, 6) is -0.688. The lowest BCUT2D eigenvalue weighted by Crippen LogP contribution is -2.23. The minimum Gasteiger partial charge on any atom is -0.462 e. The lowest BCUT2D eigenvalue weighted by molar-refractivity contribution is 0.0529. The maximum atomic E-state index is 12.2. The van der Waals surface area contributed by atoms with E-state index in [1.54, 1.807) is 21.0 Å². The molecule has 0 aliphatic heterocycles. The lowest BCUT2D eigenvalue weighted by Gasteiger charge is -2.20. The van der Waals surface area contributed by atoms with Crippen molar-refractivity contribution in [3.8, 4) is 0 Å². The number of anilines is 2. The number of hydrogen-bond acceptors (Lipinski definition) is 6. The number of nitrogen functional groups attached to an aromatic ring is 1. The molecule has 6 nitrogen and oxygen atoms in total. The van der Waals surface area contributed by atoms with Gasteiger partial charge in [-0.2, -0.15) is 0 Å². The molecule has 0 aromatic carbocycles. The Hall–Kier alpha value is -1.76. The maximum Gasteiger partial charge on any atom is 0.343 e. The molecule has 118 valence electrons. The number of rotatable bonds is 6. The van der Waals surface area contributed by atoms with Gasteiger partial charge in [-0.15, -0.1) is 11.3 Å². The molecule has 2 N–H and O–H groups in total. The second kappa shape index (κ2) is 7.31. The van der Waals surface area contributed by atoms with Gasteiger partial charge < -0.3 is 20.3 Å². The van der Waals surface area contributed by atoms with E-state index in [0.29, 0.717) is 15.4 Å². The van der Waals surface area contributed by atoms with Crippen LogP contribution in [0.3, 0.4) is 0 Å². The summed E-state index contributed by atoms with van der Waals surface area (Å²) in [4.78, 5) is 28.2. The quantitative estimate of drug-likeness (QED) is 0.814. The molecule has 0 aliphatic rings. The molecule has 1 amide bonds. The Bertz CT molecular complexity index is 522. The molecule has 0 aliphatic carbocycles. The van der Waals surface area contributed by atoms with Gasteiger partial charge in [0.1, 0.15) is 15.4 Å². The standard InChI is InChI=1S/C14H23N3O3S/c1-6-17(7-2)13-9(14(19)20-8-3)10(15)11(21-13)12(18)16(4)5/h6-8,15H2,1-5H3. The summed E-state index contributed by atoms with van der Waals surface area (Å²) in [5.41, 5.74) is 6.57. The number of thiophene rings is 1. The van der Waals surface area contributed by atoms with Gasteiger partial charge in [0.15, 0.2) is 0 Å². The SMILES string of the molecule is CCOC(=O)c1c(N(CC)CC)sc(C(=O)N(C)C)c1N. The van der Waals surface area contributed by atoms with Crippen LogP contribution in [0.15, 0.2) is 0 Å². The van der Waals surface area contributed by atoms with E-state index >= 15 is 0 Å². The first kappa shape index (κ1) is 17.3. The summed E-state index contributed by atoms with van der Waals surface area (Å²) in [6, 6.07) is 0. The van der Waals surface area contributed by atoms with Crippen LogP contribution in [0.25, 0.3) is 0 Å². The minimum absolute atomic E-state index is 0.207. The minimum atomic E-state index is -0.481. The molecule has 0 radical (unpaired) electrons. The first-order valence-corrected chi connectivity index (χ1v) is 7.76. The fourth-order valence-electron chi connectivity index (χ4n) is 1.93. The predicted octanol–water partition coefficient (Wildman–Crippen LogP) is 2.06. The molecule has 21 heavy (non-hydrogen) atoms. The monoisotopic (exact) mass is 313 g/mol. The van der Waals surface area contributed by atoms with Crippen molar-refractivity contribution in [2.24, 2.45) is 0 Å². The molecular weight excluding hydrogens is 290 g/mol. The Labute approximate surface area is 129 Å². The molecule has 1 aromatic heterocycles. The van der Waals surface area contributed by atoms with Crippen LogP contribution in [0.2, 0.25) is 0 Å². The Kier molecular flexibility index (Phi) is 6.02. The topological polar surface area (TPSA) is 75.9 Å². The van der Waals surface area contributed by atoms with Crippen molar-refractivity contribution in [3.05, 3.63) is 10.4 Å². The van der Waals surface area contributed by atoms with Gasteiger partial charge in [0.2, 0.25) is 0 Å². The first-order chi connectivity index (χ1) is 9.88. The molecule has 0 spiro atoms. The molecule has 1 aromatic rings. The van der Waals surface area contributed by atoms with Crippen LogP contribution >= 0.6 is 11.3 Å². The van der Waals surface area contributed by atoms with Crippen molar-refractivity contribution in [3.63, 3.8) is 0 Å². The highest BCUT2D eigenvalue weighted by Crippen LogP contribution is 2.39. The summed E-state index contributed by atoms with van der Waals surface area (Å²) in [6.07, 6.45) is 0. The van der Waals surface area contributed by atoms with E-state index in [1.807, 2.05) is 18.7 Å². The van der Waals surface area contributed by atoms with Gasteiger partial charge in [0.05, 0.1) is 12.3 Å². The van der Waals surface area contributed by atoms with Gasteiger partial charge in [-0.1, -0.05) is 0 Å². The van der Waals surface area contributed by atoms with E-state index in [2.05, 4.69) is 0 Å². The Morgan fingerprint density at radius 3 is 2.19 bits per heavy atom. The van der Waals surface area contributed by atoms with Gasteiger partial charge in [0, 0.05) is 27.2 Å². The highest BCUT2D eigenvalue weighted by Gasteiger charge is 2.29. The summed E-state index contributed by atoms with van der Waals surface area (Å²) in [6.45, 7) is 7.42. The van der Waals surface area contributed by atoms with Crippen molar-refractivity contribution >= 4 is 33.9 Å². The van der Waals surface area contributed by atoms with E-state index in [0.717, 1.165) is 13.1 Å². The van der Waals surface area contributed by atoms with Crippen LogP contribution in [-0.4, -0.2) is 50.6 Å². The molecule has 7 heteroatoms. The average Bonchev–Trinajstić information content (AvgIpc) is 2.77. The van der Waals surface area contributed by atoms with Crippen molar-refractivity contribution in [1.82, 2.24) is 4.90 Å². The van der Waals surface area contributed by atoms with Crippen molar-refractivity contribution in [1.29, 1.82) is 0 Å². The largest absolute Gasteiger partial charge is 0.462 e. The van der Waals surface area contributed by atoms with Gasteiger partial charge in [-0.25, -0.2) is 4.79 Å². The van der Waals surface area contributed by atoms with Crippen LogP contribution in [0.1, 0.15) is 40.8 Å².